The Morgan fingerprint density at radius 2 is 2.09 bits per heavy atom. The van der Waals surface area contributed by atoms with E-state index in [4.69, 9.17) is 10.6 Å². The van der Waals surface area contributed by atoms with Gasteiger partial charge in [-0.25, -0.2) is 9.97 Å². The zero-order valence-electron chi connectivity index (χ0n) is 13.7. The molecule has 3 aromatic rings. The first kappa shape index (κ1) is 15.3. The van der Waals surface area contributed by atoms with Crippen LogP contribution in [0.15, 0.2) is 29.4 Å². The molecule has 0 aliphatic rings. The number of benzene rings is 1. The Bertz CT molecular complexity index is 866. The summed E-state index contributed by atoms with van der Waals surface area (Å²) in [5.74, 6) is 1.72. The van der Waals surface area contributed by atoms with Crippen LogP contribution in [0.1, 0.15) is 26.6 Å². The summed E-state index contributed by atoms with van der Waals surface area (Å²) in [6.07, 6.45) is 1.61. The van der Waals surface area contributed by atoms with Crippen molar-refractivity contribution < 1.29 is 4.84 Å². The van der Waals surface area contributed by atoms with Gasteiger partial charge in [-0.1, -0.05) is 37.2 Å². The summed E-state index contributed by atoms with van der Waals surface area (Å²) in [6.45, 7) is 7.30. The number of imidazole rings is 1. The largest absolute Gasteiger partial charge is 0.388 e. The van der Waals surface area contributed by atoms with Crippen LogP contribution in [-0.2, 0) is 18.0 Å². The van der Waals surface area contributed by atoms with Crippen molar-refractivity contribution >= 4 is 34.0 Å². The van der Waals surface area contributed by atoms with E-state index < -0.39 is 0 Å². The van der Waals surface area contributed by atoms with Crippen molar-refractivity contribution in [2.45, 2.75) is 33.9 Å². The average molecular weight is 311 g/mol. The molecular weight excluding hydrogens is 290 g/mol. The first-order chi connectivity index (χ1) is 11.1. The number of fused-ring (bicyclic) bond motifs is 3. The van der Waals surface area contributed by atoms with E-state index >= 15 is 0 Å². The van der Waals surface area contributed by atoms with Crippen LogP contribution < -0.4 is 5.73 Å². The van der Waals surface area contributed by atoms with E-state index in [0.717, 1.165) is 34.3 Å². The molecule has 2 N–H and O–H groups in total. The number of hydrogen-bond acceptors (Lipinski definition) is 5. The van der Waals surface area contributed by atoms with Crippen LogP contribution in [0.5, 0.6) is 0 Å². The Hall–Kier alpha value is -2.63. The molecule has 0 saturated carbocycles. The Kier molecular flexibility index (Phi) is 4.14. The van der Waals surface area contributed by atoms with Gasteiger partial charge < -0.3 is 15.1 Å². The second-order valence-corrected chi connectivity index (χ2v) is 5.88. The van der Waals surface area contributed by atoms with E-state index in [2.05, 4.69) is 39.6 Å². The maximum absolute atomic E-state index is 6.13. The molecule has 0 amide bonds. The van der Waals surface area contributed by atoms with Crippen molar-refractivity contribution in [1.82, 2.24) is 14.5 Å². The number of oxime groups is 1. The van der Waals surface area contributed by atoms with E-state index in [1.54, 1.807) is 6.21 Å². The highest BCUT2D eigenvalue weighted by Crippen LogP contribution is 2.29. The molecule has 6 nitrogen and oxygen atoms in total. The SMILES string of the molecule is C/C=N\OCc1nc2c(N)nc3ccccc3c2n1CC(C)C. The quantitative estimate of drug-likeness (QED) is 0.579. The number of rotatable bonds is 5. The molecular formula is C17H21N5O. The Labute approximate surface area is 135 Å². The fourth-order valence-electron chi connectivity index (χ4n) is 2.75. The van der Waals surface area contributed by atoms with E-state index in [1.807, 2.05) is 25.1 Å². The van der Waals surface area contributed by atoms with Crippen LogP contribution in [0.3, 0.4) is 0 Å². The predicted molar refractivity (Wildman–Crippen MR) is 93.2 cm³/mol. The fourth-order valence-corrected chi connectivity index (χ4v) is 2.75. The number of nitrogen functional groups attached to an aromatic ring is 1. The zero-order chi connectivity index (χ0) is 16.4. The maximum atomic E-state index is 6.13. The van der Waals surface area contributed by atoms with Gasteiger partial charge in [0.05, 0.1) is 11.0 Å². The van der Waals surface area contributed by atoms with Crippen LogP contribution >= 0.6 is 0 Å². The Balaban J connectivity index is 2.27. The number of nitrogens with two attached hydrogens (primary N) is 1. The van der Waals surface area contributed by atoms with Gasteiger partial charge in [0.25, 0.3) is 0 Å². The van der Waals surface area contributed by atoms with Crippen LogP contribution in [0, 0.1) is 5.92 Å². The van der Waals surface area contributed by atoms with Crippen molar-refractivity contribution in [3.63, 3.8) is 0 Å². The van der Waals surface area contributed by atoms with Crippen LogP contribution in [0.25, 0.3) is 21.9 Å². The highest BCUT2D eigenvalue weighted by atomic mass is 16.6. The standard InChI is InChI=1S/C17H21N5O/c1-4-19-23-10-14-21-15-16(22(14)9-11(2)3)12-7-5-6-8-13(12)20-17(15)18/h4-8,11H,9-10H2,1-3H3,(H2,18,20)/b19-4-. The molecule has 1 aromatic carbocycles. The van der Waals surface area contributed by atoms with Gasteiger partial charge in [0.15, 0.2) is 18.2 Å². The number of pyridine rings is 1. The maximum Gasteiger partial charge on any atom is 0.174 e. The summed E-state index contributed by atoms with van der Waals surface area (Å²) in [7, 11) is 0. The van der Waals surface area contributed by atoms with Gasteiger partial charge in [0.2, 0.25) is 0 Å². The van der Waals surface area contributed by atoms with Gasteiger partial charge >= 0.3 is 0 Å². The van der Waals surface area contributed by atoms with Gasteiger partial charge in [-0.2, -0.15) is 0 Å². The van der Waals surface area contributed by atoms with Crippen LogP contribution in [0.2, 0.25) is 0 Å². The molecule has 0 spiro atoms. The third-order valence-electron chi connectivity index (χ3n) is 3.61. The number of para-hydroxylation sites is 1. The molecule has 2 aromatic heterocycles. The van der Waals surface area contributed by atoms with E-state index in [-0.39, 0.29) is 0 Å². The molecule has 0 bridgehead atoms. The van der Waals surface area contributed by atoms with E-state index in [0.29, 0.717) is 18.3 Å². The van der Waals surface area contributed by atoms with Crippen LogP contribution in [-0.4, -0.2) is 20.7 Å². The van der Waals surface area contributed by atoms with Crippen molar-refractivity contribution in [3.8, 4) is 0 Å². The number of nitrogens with zero attached hydrogens (tertiary/aromatic N) is 4. The van der Waals surface area contributed by atoms with Gasteiger partial charge in [0, 0.05) is 18.1 Å². The normalized spacial score (nSPS) is 12.0. The average Bonchev–Trinajstić information content (AvgIpc) is 2.87. The molecule has 0 fully saturated rings. The molecule has 0 atom stereocenters. The third-order valence-corrected chi connectivity index (χ3v) is 3.61. The minimum Gasteiger partial charge on any atom is -0.388 e. The third kappa shape index (κ3) is 2.84. The first-order valence-corrected chi connectivity index (χ1v) is 7.75. The minimum atomic E-state index is 0.305. The summed E-state index contributed by atoms with van der Waals surface area (Å²) >= 11 is 0. The lowest BCUT2D eigenvalue weighted by molar-refractivity contribution is 0.123. The molecule has 3 rings (SSSR count). The fraction of sp³-hybridized carbons (Fsp3) is 0.353. The monoisotopic (exact) mass is 311 g/mol. The molecule has 6 heteroatoms. The van der Waals surface area contributed by atoms with Crippen molar-refractivity contribution in [3.05, 3.63) is 30.1 Å². The van der Waals surface area contributed by atoms with Gasteiger partial charge in [0.1, 0.15) is 5.52 Å². The second-order valence-electron chi connectivity index (χ2n) is 5.88. The lowest BCUT2D eigenvalue weighted by Gasteiger charge is -2.12. The second kappa shape index (κ2) is 6.24. The molecule has 120 valence electrons. The summed E-state index contributed by atoms with van der Waals surface area (Å²) in [5, 5.41) is 4.87. The lowest BCUT2D eigenvalue weighted by Crippen LogP contribution is -2.09. The van der Waals surface area contributed by atoms with Gasteiger partial charge in [-0.15, -0.1) is 0 Å². The summed E-state index contributed by atoms with van der Waals surface area (Å²) in [5.41, 5.74) is 8.75. The molecule has 0 saturated heterocycles. The highest BCUT2D eigenvalue weighted by Gasteiger charge is 2.18. The number of hydrogen-bond donors (Lipinski definition) is 1. The predicted octanol–water partition coefficient (Wildman–Crippen LogP) is 3.35. The highest BCUT2D eigenvalue weighted by molar-refractivity contribution is 6.06. The lowest BCUT2D eigenvalue weighted by atomic mass is 10.1. The van der Waals surface area contributed by atoms with E-state index in [9.17, 15) is 0 Å². The summed E-state index contributed by atoms with van der Waals surface area (Å²) in [4.78, 5) is 14.4. The number of aromatic nitrogens is 3. The Morgan fingerprint density at radius 3 is 2.83 bits per heavy atom. The minimum absolute atomic E-state index is 0.305. The van der Waals surface area contributed by atoms with Crippen molar-refractivity contribution in [2.24, 2.45) is 11.1 Å². The number of anilines is 1. The molecule has 23 heavy (non-hydrogen) atoms. The summed E-state index contributed by atoms with van der Waals surface area (Å²) in [6, 6.07) is 7.99. The van der Waals surface area contributed by atoms with Gasteiger partial charge in [-0.05, 0) is 18.9 Å². The molecule has 0 unspecified atom stereocenters. The Morgan fingerprint density at radius 1 is 1.30 bits per heavy atom. The zero-order valence-corrected chi connectivity index (χ0v) is 13.7. The first-order valence-electron chi connectivity index (χ1n) is 7.75. The van der Waals surface area contributed by atoms with Crippen molar-refractivity contribution in [2.75, 3.05) is 5.73 Å². The van der Waals surface area contributed by atoms with Crippen molar-refractivity contribution in [1.29, 1.82) is 0 Å². The molecule has 2 heterocycles. The topological polar surface area (TPSA) is 78.3 Å². The molecule has 0 radical (unpaired) electrons. The molecule has 0 aliphatic carbocycles. The summed E-state index contributed by atoms with van der Waals surface area (Å²) < 4.78 is 2.17. The van der Waals surface area contributed by atoms with Gasteiger partial charge in [-0.3, -0.25) is 0 Å². The molecule has 0 aliphatic heterocycles. The smallest absolute Gasteiger partial charge is 0.174 e. The van der Waals surface area contributed by atoms with E-state index in [1.165, 1.54) is 0 Å². The van der Waals surface area contributed by atoms with Crippen LogP contribution in [0.4, 0.5) is 5.82 Å².